The number of halogens is 3. The third-order valence-corrected chi connectivity index (χ3v) is 3.15. The van der Waals surface area contributed by atoms with Gasteiger partial charge < -0.3 is 16.0 Å². The highest BCUT2D eigenvalue weighted by Gasteiger charge is 2.34. The summed E-state index contributed by atoms with van der Waals surface area (Å²) in [5.41, 5.74) is 4.74. The number of carbonyl (C=O) groups excluding carboxylic acids is 1. The number of anilines is 2. The van der Waals surface area contributed by atoms with Crippen LogP contribution in [-0.2, 0) is 11.0 Å². The van der Waals surface area contributed by atoms with Crippen LogP contribution in [0.3, 0.4) is 0 Å². The molecule has 0 aliphatic heterocycles. The Bertz CT molecular complexity index is 719. The quantitative estimate of drug-likeness (QED) is 0.872. The molecule has 0 fully saturated rings. The lowest BCUT2D eigenvalue weighted by atomic mass is 10.1. The average Bonchev–Trinajstić information content (AvgIpc) is 2.52. The summed E-state index contributed by atoms with van der Waals surface area (Å²) in [6, 6.07) is 8.14. The fraction of sp³-hybridized carbons (Fsp3) is 0.267. The van der Waals surface area contributed by atoms with Crippen LogP contribution in [0.4, 0.5) is 24.9 Å². The molecule has 1 aromatic carbocycles. The van der Waals surface area contributed by atoms with Crippen molar-refractivity contribution in [3.63, 3.8) is 0 Å². The monoisotopic (exact) mass is 339 g/mol. The molecule has 1 heterocycles. The molecular formula is C15H16F3N5O. The summed E-state index contributed by atoms with van der Waals surface area (Å²) < 4.78 is 39.0. The first-order valence-electron chi connectivity index (χ1n) is 6.93. The van der Waals surface area contributed by atoms with E-state index in [1.807, 2.05) is 0 Å². The van der Waals surface area contributed by atoms with E-state index >= 15 is 0 Å². The molecule has 0 unspecified atom stereocenters. The zero-order chi connectivity index (χ0) is 17.9. The van der Waals surface area contributed by atoms with Gasteiger partial charge in [-0.3, -0.25) is 4.79 Å². The molecule has 0 saturated carbocycles. The van der Waals surface area contributed by atoms with Gasteiger partial charge in [0.2, 0.25) is 11.9 Å². The molecule has 9 heteroatoms. The summed E-state index contributed by atoms with van der Waals surface area (Å²) in [6.07, 6.45) is -4.64. The van der Waals surface area contributed by atoms with E-state index in [1.165, 1.54) is 4.90 Å². The number of aromatic nitrogens is 2. The van der Waals surface area contributed by atoms with Gasteiger partial charge in [0.25, 0.3) is 0 Å². The molecule has 1 aromatic heterocycles. The normalized spacial score (nSPS) is 12.5. The van der Waals surface area contributed by atoms with Gasteiger partial charge in [-0.1, -0.05) is 30.3 Å². The summed E-state index contributed by atoms with van der Waals surface area (Å²) in [5, 5.41) is 2.58. The molecule has 2 aromatic rings. The number of amides is 1. The Kier molecular flexibility index (Phi) is 4.91. The van der Waals surface area contributed by atoms with E-state index in [1.54, 1.807) is 44.4 Å². The number of alkyl halides is 3. The van der Waals surface area contributed by atoms with Gasteiger partial charge in [-0.05, 0) is 5.56 Å². The SMILES string of the molecule is CN(C)c1cc(C(F)(F)F)nc(N[C@@H](C(N)=O)c2ccccc2)n1. The summed E-state index contributed by atoms with van der Waals surface area (Å²) in [4.78, 5) is 20.5. The first-order chi connectivity index (χ1) is 11.2. The molecule has 6 nitrogen and oxygen atoms in total. The molecule has 0 radical (unpaired) electrons. The Morgan fingerprint density at radius 3 is 2.33 bits per heavy atom. The summed E-state index contributed by atoms with van der Waals surface area (Å²) in [7, 11) is 3.10. The number of hydrogen-bond donors (Lipinski definition) is 2. The fourth-order valence-electron chi connectivity index (χ4n) is 1.97. The second kappa shape index (κ2) is 6.73. The van der Waals surface area contributed by atoms with Crippen molar-refractivity contribution in [2.75, 3.05) is 24.3 Å². The van der Waals surface area contributed by atoms with Gasteiger partial charge in [0, 0.05) is 20.2 Å². The number of carbonyl (C=O) groups is 1. The van der Waals surface area contributed by atoms with Gasteiger partial charge in [-0.2, -0.15) is 18.2 Å². The van der Waals surface area contributed by atoms with Gasteiger partial charge >= 0.3 is 6.18 Å². The van der Waals surface area contributed by atoms with Crippen LogP contribution in [0.25, 0.3) is 0 Å². The molecule has 0 bridgehead atoms. The smallest absolute Gasteiger partial charge is 0.368 e. The van der Waals surface area contributed by atoms with Crippen LogP contribution in [-0.4, -0.2) is 30.0 Å². The minimum Gasteiger partial charge on any atom is -0.368 e. The summed E-state index contributed by atoms with van der Waals surface area (Å²) >= 11 is 0. The lowest BCUT2D eigenvalue weighted by Crippen LogP contribution is -2.29. The topological polar surface area (TPSA) is 84.1 Å². The van der Waals surface area contributed by atoms with E-state index in [0.29, 0.717) is 5.56 Å². The molecule has 0 aliphatic carbocycles. The van der Waals surface area contributed by atoms with Crippen LogP contribution < -0.4 is 16.0 Å². The minimum atomic E-state index is -4.64. The third-order valence-electron chi connectivity index (χ3n) is 3.15. The zero-order valence-electron chi connectivity index (χ0n) is 13.0. The number of rotatable bonds is 5. The molecule has 24 heavy (non-hydrogen) atoms. The molecule has 128 valence electrons. The number of primary amides is 1. The Morgan fingerprint density at radius 1 is 1.21 bits per heavy atom. The maximum absolute atomic E-state index is 13.0. The van der Waals surface area contributed by atoms with Crippen molar-refractivity contribution in [3.8, 4) is 0 Å². The lowest BCUT2D eigenvalue weighted by molar-refractivity contribution is -0.141. The highest BCUT2D eigenvalue weighted by atomic mass is 19.4. The largest absolute Gasteiger partial charge is 0.433 e. The average molecular weight is 339 g/mol. The van der Waals surface area contributed by atoms with E-state index in [9.17, 15) is 18.0 Å². The van der Waals surface area contributed by atoms with Gasteiger partial charge in [0.15, 0.2) is 5.69 Å². The van der Waals surface area contributed by atoms with E-state index in [-0.39, 0.29) is 11.8 Å². The second-order valence-corrected chi connectivity index (χ2v) is 5.22. The third kappa shape index (κ3) is 4.12. The maximum atomic E-state index is 13.0. The van der Waals surface area contributed by atoms with Crippen molar-refractivity contribution in [1.29, 1.82) is 0 Å². The van der Waals surface area contributed by atoms with Crippen molar-refractivity contribution < 1.29 is 18.0 Å². The molecule has 2 rings (SSSR count). The van der Waals surface area contributed by atoms with E-state index in [2.05, 4.69) is 15.3 Å². The molecule has 0 aliphatic rings. The van der Waals surface area contributed by atoms with Crippen LogP contribution in [0.15, 0.2) is 36.4 Å². The van der Waals surface area contributed by atoms with Crippen molar-refractivity contribution >= 4 is 17.7 Å². The number of benzene rings is 1. The van der Waals surface area contributed by atoms with E-state index in [0.717, 1.165) is 6.07 Å². The number of nitrogens with two attached hydrogens (primary N) is 1. The van der Waals surface area contributed by atoms with Crippen LogP contribution in [0.5, 0.6) is 0 Å². The van der Waals surface area contributed by atoms with Crippen molar-refractivity contribution in [2.45, 2.75) is 12.2 Å². The fourth-order valence-corrected chi connectivity index (χ4v) is 1.97. The van der Waals surface area contributed by atoms with Gasteiger partial charge in [0.1, 0.15) is 11.9 Å². The van der Waals surface area contributed by atoms with Crippen LogP contribution in [0.1, 0.15) is 17.3 Å². The van der Waals surface area contributed by atoms with E-state index in [4.69, 9.17) is 5.73 Å². The number of nitrogens with one attached hydrogen (secondary N) is 1. The maximum Gasteiger partial charge on any atom is 0.433 e. The molecule has 0 saturated heterocycles. The Balaban J connectivity index is 2.43. The number of nitrogens with zero attached hydrogens (tertiary/aromatic N) is 3. The van der Waals surface area contributed by atoms with E-state index < -0.39 is 23.8 Å². The van der Waals surface area contributed by atoms with Gasteiger partial charge in [-0.25, -0.2) is 4.98 Å². The van der Waals surface area contributed by atoms with Crippen molar-refractivity contribution in [1.82, 2.24) is 9.97 Å². The minimum absolute atomic E-state index is 0.0520. The van der Waals surface area contributed by atoms with Gasteiger partial charge in [-0.15, -0.1) is 0 Å². The second-order valence-electron chi connectivity index (χ2n) is 5.22. The Morgan fingerprint density at radius 2 is 1.83 bits per heavy atom. The van der Waals surface area contributed by atoms with Crippen molar-refractivity contribution in [2.24, 2.45) is 5.73 Å². The lowest BCUT2D eigenvalue weighted by Gasteiger charge is -2.19. The van der Waals surface area contributed by atoms with Crippen LogP contribution >= 0.6 is 0 Å². The first kappa shape index (κ1) is 17.5. The van der Waals surface area contributed by atoms with Crippen molar-refractivity contribution in [3.05, 3.63) is 47.7 Å². The standard InChI is InChI=1S/C15H16F3N5O/c1-23(2)11-8-10(15(16,17)18)20-14(21-11)22-12(13(19)24)9-6-4-3-5-7-9/h3-8,12H,1-2H3,(H2,19,24)(H,20,21,22)/t12-/m1/s1. The molecule has 3 N–H and O–H groups in total. The summed E-state index contributed by atoms with van der Waals surface area (Å²) in [5.74, 6) is -1.04. The Hall–Kier alpha value is -2.84. The molecule has 1 amide bonds. The summed E-state index contributed by atoms with van der Waals surface area (Å²) in [6.45, 7) is 0. The highest BCUT2D eigenvalue weighted by molar-refractivity contribution is 5.84. The van der Waals surface area contributed by atoms with Gasteiger partial charge in [0.05, 0.1) is 0 Å². The Labute approximate surface area is 136 Å². The van der Waals surface area contributed by atoms with Crippen LogP contribution in [0, 0.1) is 0 Å². The predicted molar refractivity (Wildman–Crippen MR) is 83.4 cm³/mol. The molecule has 0 spiro atoms. The highest BCUT2D eigenvalue weighted by Crippen LogP contribution is 2.30. The first-order valence-corrected chi connectivity index (χ1v) is 6.93. The van der Waals surface area contributed by atoms with Crippen LogP contribution in [0.2, 0.25) is 0 Å². The molecular weight excluding hydrogens is 323 g/mol. The predicted octanol–water partition coefficient (Wildman–Crippen LogP) is 2.20. The number of hydrogen-bond acceptors (Lipinski definition) is 5. The molecule has 1 atom stereocenters. The zero-order valence-corrected chi connectivity index (χ0v) is 13.0.